The number of carboxylic acid groups (broad SMARTS) is 1. The highest BCUT2D eigenvalue weighted by Crippen LogP contribution is 2.31. The number of hydrogen-bond acceptors (Lipinski definition) is 6. The van der Waals surface area contributed by atoms with Gasteiger partial charge in [-0.3, -0.25) is 10.1 Å². The number of likely N-dealkylation sites (tertiary alicyclic amines) is 1. The van der Waals surface area contributed by atoms with E-state index in [1.807, 2.05) is 54.6 Å². The SMILES string of the molecule is COc1cc(NC(=O)CCN2CCC(OC(=O)Nc3ccccc3-c3ccccc3)CC2)c(Cl)cc1C(=O)O. The zero-order valence-electron chi connectivity index (χ0n) is 21.5. The van der Waals surface area contributed by atoms with Crippen molar-refractivity contribution in [3.8, 4) is 16.9 Å². The van der Waals surface area contributed by atoms with Crippen LogP contribution in [-0.2, 0) is 9.53 Å². The van der Waals surface area contributed by atoms with E-state index in [4.69, 9.17) is 21.1 Å². The number of halogens is 1. The minimum atomic E-state index is -1.17. The molecule has 1 fully saturated rings. The number of nitrogens with one attached hydrogen (secondary N) is 2. The van der Waals surface area contributed by atoms with Crippen LogP contribution in [0.15, 0.2) is 66.7 Å². The molecule has 0 aliphatic carbocycles. The zero-order valence-corrected chi connectivity index (χ0v) is 22.2. The van der Waals surface area contributed by atoms with Crippen LogP contribution in [0.4, 0.5) is 16.2 Å². The summed E-state index contributed by atoms with van der Waals surface area (Å²) in [6.45, 7) is 1.90. The normalized spacial score (nSPS) is 13.9. The van der Waals surface area contributed by atoms with E-state index in [2.05, 4.69) is 15.5 Å². The Balaban J connectivity index is 1.22. The molecule has 3 aromatic rings. The second-order valence-corrected chi connectivity index (χ2v) is 9.53. The van der Waals surface area contributed by atoms with E-state index in [1.54, 1.807) is 0 Å². The molecule has 3 N–H and O–H groups in total. The lowest BCUT2D eigenvalue weighted by Gasteiger charge is -2.31. The van der Waals surface area contributed by atoms with Gasteiger partial charge in [-0.25, -0.2) is 9.59 Å². The second kappa shape index (κ2) is 13.1. The summed E-state index contributed by atoms with van der Waals surface area (Å²) in [5.41, 5.74) is 2.81. The molecule has 0 spiro atoms. The lowest BCUT2D eigenvalue weighted by molar-refractivity contribution is -0.116. The number of amides is 2. The molecule has 9 nitrogen and oxygen atoms in total. The van der Waals surface area contributed by atoms with Gasteiger partial charge in [0.25, 0.3) is 0 Å². The largest absolute Gasteiger partial charge is 0.496 e. The first-order chi connectivity index (χ1) is 18.8. The molecule has 1 heterocycles. The molecule has 39 heavy (non-hydrogen) atoms. The van der Waals surface area contributed by atoms with E-state index in [1.165, 1.54) is 19.2 Å². The number of rotatable bonds is 9. The van der Waals surface area contributed by atoms with E-state index in [9.17, 15) is 19.5 Å². The molecule has 3 aromatic carbocycles. The fourth-order valence-corrected chi connectivity index (χ4v) is 4.67. The fraction of sp³-hybridized carbons (Fsp3) is 0.276. The summed E-state index contributed by atoms with van der Waals surface area (Å²) >= 11 is 6.15. The van der Waals surface area contributed by atoms with Gasteiger partial charge in [0.05, 0.1) is 23.5 Å². The molecular formula is C29H30ClN3O6. The number of hydrogen-bond donors (Lipinski definition) is 3. The number of aromatic carboxylic acids is 1. The van der Waals surface area contributed by atoms with Crippen LogP contribution in [-0.4, -0.2) is 60.8 Å². The Labute approximate surface area is 231 Å². The molecule has 1 aliphatic heterocycles. The van der Waals surface area contributed by atoms with Crippen molar-refractivity contribution in [3.05, 3.63) is 77.3 Å². The molecule has 2 amide bonds. The van der Waals surface area contributed by atoms with Crippen molar-refractivity contribution in [2.24, 2.45) is 0 Å². The Morgan fingerprint density at radius 3 is 2.36 bits per heavy atom. The van der Waals surface area contributed by atoms with Crippen LogP contribution < -0.4 is 15.4 Å². The average molecular weight is 552 g/mol. The van der Waals surface area contributed by atoms with Gasteiger partial charge in [-0.2, -0.15) is 0 Å². The van der Waals surface area contributed by atoms with Crippen molar-refractivity contribution < 1.29 is 29.0 Å². The van der Waals surface area contributed by atoms with Gasteiger partial charge >= 0.3 is 12.1 Å². The smallest absolute Gasteiger partial charge is 0.411 e. The topological polar surface area (TPSA) is 117 Å². The molecule has 1 aliphatic rings. The summed E-state index contributed by atoms with van der Waals surface area (Å²) in [5, 5.41) is 15.0. The predicted molar refractivity (Wildman–Crippen MR) is 150 cm³/mol. The van der Waals surface area contributed by atoms with Crippen LogP contribution in [0.25, 0.3) is 11.1 Å². The van der Waals surface area contributed by atoms with Gasteiger partial charge in [-0.1, -0.05) is 60.1 Å². The molecule has 204 valence electrons. The molecular weight excluding hydrogens is 522 g/mol. The minimum Gasteiger partial charge on any atom is -0.496 e. The summed E-state index contributed by atoms with van der Waals surface area (Å²) in [7, 11) is 1.35. The molecule has 10 heteroatoms. The van der Waals surface area contributed by atoms with Crippen molar-refractivity contribution in [1.82, 2.24) is 4.90 Å². The number of nitrogens with zero attached hydrogens (tertiary/aromatic N) is 1. The Morgan fingerprint density at radius 1 is 0.974 bits per heavy atom. The Bertz CT molecular complexity index is 1330. The molecule has 0 unspecified atom stereocenters. The van der Waals surface area contributed by atoms with Crippen molar-refractivity contribution in [2.45, 2.75) is 25.4 Å². The quantitative estimate of drug-likeness (QED) is 0.310. The number of benzene rings is 3. The summed E-state index contributed by atoms with van der Waals surface area (Å²) in [6.07, 6.45) is 0.849. The maximum Gasteiger partial charge on any atom is 0.411 e. The summed E-state index contributed by atoms with van der Waals surface area (Å²) < 4.78 is 10.8. The van der Waals surface area contributed by atoms with Gasteiger partial charge in [0, 0.05) is 37.7 Å². The first-order valence-corrected chi connectivity index (χ1v) is 13.0. The minimum absolute atomic E-state index is 0.0836. The monoisotopic (exact) mass is 551 g/mol. The molecule has 0 bridgehead atoms. The fourth-order valence-electron chi connectivity index (χ4n) is 4.46. The zero-order chi connectivity index (χ0) is 27.8. The molecule has 4 rings (SSSR count). The van der Waals surface area contributed by atoms with E-state index in [0.717, 1.165) is 11.1 Å². The molecule has 0 saturated carbocycles. The number of carboxylic acids is 1. The highest BCUT2D eigenvalue weighted by Gasteiger charge is 2.23. The van der Waals surface area contributed by atoms with Crippen LogP contribution >= 0.6 is 11.6 Å². The lowest BCUT2D eigenvalue weighted by atomic mass is 10.0. The van der Waals surface area contributed by atoms with Crippen LogP contribution in [0.5, 0.6) is 5.75 Å². The number of ether oxygens (including phenoxy) is 2. The van der Waals surface area contributed by atoms with Gasteiger partial charge in [0.1, 0.15) is 17.4 Å². The number of carbonyl (C=O) groups is 3. The van der Waals surface area contributed by atoms with Gasteiger partial charge in [-0.05, 0) is 30.5 Å². The molecule has 1 saturated heterocycles. The standard InChI is InChI=1S/C29H30ClN3O6/c1-38-26-18-25(23(30)17-22(26)28(35)36)31-27(34)13-16-33-14-11-20(12-15-33)39-29(37)32-24-10-6-5-9-21(24)19-7-3-2-4-8-19/h2-10,17-18,20H,11-16H2,1H3,(H,31,34)(H,32,37)(H,35,36). The Morgan fingerprint density at radius 2 is 1.67 bits per heavy atom. The van der Waals surface area contributed by atoms with Crippen molar-refractivity contribution in [2.75, 3.05) is 37.4 Å². The third kappa shape index (κ3) is 7.49. The number of piperidine rings is 1. The molecule has 0 aromatic heterocycles. The first kappa shape index (κ1) is 27.9. The van der Waals surface area contributed by atoms with E-state index in [0.29, 0.717) is 38.2 Å². The second-order valence-electron chi connectivity index (χ2n) is 9.12. The maximum absolute atomic E-state index is 12.6. The predicted octanol–water partition coefficient (Wildman–Crippen LogP) is 5.76. The highest BCUT2D eigenvalue weighted by molar-refractivity contribution is 6.34. The highest BCUT2D eigenvalue weighted by atomic mass is 35.5. The van der Waals surface area contributed by atoms with Crippen LogP contribution in [0.2, 0.25) is 5.02 Å². The molecule has 0 atom stereocenters. The Kier molecular flexibility index (Phi) is 9.40. The van der Waals surface area contributed by atoms with Gasteiger partial charge < -0.3 is 24.8 Å². The van der Waals surface area contributed by atoms with Gasteiger partial charge in [0.15, 0.2) is 0 Å². The van der Waals surface area contributed by atoms with Crippen molar-refractivity contribution >= 4 is 40.9 Å². The van der Waals surface area contributed by atoms with Gasteiger partial charge in [-0.15, -0.1) is 0 Å². The van der Waals surface area contributed by atoms with E-state index in [-0.39, 0.29) is 40.5 Å². The van der Waals surface area contributed by atoms with Crippen LogP contribution in [0.1, 0.15) is 29.6 Å². The summed E-state index contributed by atoms with van der Waals surface area (Å²) in [5.74, 6) is -1.32. The average Bonchev–Trinajstić information content (AvgIpc) is 2.94. The number of para-hydroxylation sites is 1. The Hall–Kier alpha value is -4.08. The third-order valence-electron chi connectivity index (χ3n) is 6.51. The summed E-state index contributed by atoms with van der Waals surface area (Å²) in [6, 6.07) is 20.1. The molecule has 0 radical (unpaired) electrons. The van der Waals surface area contributed by atoms with Crippen molar-refractivity contribution in [1.29, 1.82) is 0 Å². The number of carbonyl (C=O) groups excluding carboxylic acids is 2. The lowest BCUT2D eigenvalue weighted by Crippen LogP contribution is -2.39. The number of anilines is 2. The number of methoxy groups -OCH3 is 1. The third-order valence-corrected chi connectivity index (χ3v) is 6.82. The maximum atomic E-state index is 12.6. The van der Waals surface area contributed by atoms with E-state index >= 15 is 0 Å². The van der Waals surface area contributed by atoms with Crippen molar-refractivity contribution in [3.63, 3.8) is 0 Å². The summed E-state index contributed by atoms with van der Waals surface area (Å²) in [4.78, 5) is 38.6. The van der Waals surface area contributed by atoms with Crippen LogP contribution in [0, 0.1) is 0 Å². The van der Waals surface area contributed by atoms with Gasteiger partial charge in [0.2, 0.25) is 5.91 Å². The van der Waals surface area contributed by atoms with E-state index < -0.39 is 12.1 Å². The van der Waals surface area contributed by atoms with Crippen LogP contribution in [0.3, 0.4) is 0 Å². The first-order valence-electron chi connectivity index (χ1n) is 12.6.